The van der Waals surface area contributed by atoms with Crippen LogP contribution in [0, 0.1) is 5.92 Å². The first-order valence-corrected chi connectivity index (χ1v) is 5.58. The number of nitrogens with one attached hydrogen (secondary N) is 1. The zero-order chi connectivity index (χ0) is 12.0. The van der Waals surface area contributed by atoms with Crippen molar-refractivity contribution in [2.45, 2.75) is 19.3 Å². The van der Waals surface area contributed by atoms with Gasteiger partial charge in [0.05, 0.1) is 0 Å². The SMILES string of the molecule is NCCNC(=O)N1CCC(CC(=O)O)CC1. The predicted molar refractivity (Wildman–Crippen MR) is 59.0 cm³/mol. The number of carboxylic acids is 1. The molecule has 6 nitrogen and oxygen atoms in total. The van der Waals surface area contributed by atoms with Gasteiger partial charge in [-0.15, -0.1) is 0 Å². The van der Waals surface area contributed by atoms with Crippen molar-refractivity contribution in [1.29, 1.82) is 0 Å². The van der Waals surface area contributed by atoms with Crippen molar-refractivity contribution in [1.82, 2.24) is 10.2 Å². The standard InChI is InChI=1S/C10H19N3O3/c11-3-4-12-10(16)13-5-1-8(2-6-13)7-9(14)15/h8H,1-7,11H2,(H,12,16)(H,14,15). The molecule has 4 N–H and O–H groups in total. The maximum atomic E-state index is 11.5. The number of rotatable bonds is 4. The quantitative estimate of drug-likeness (QED) is 0.624. The molecule has 0 bridgehead atoms. The van der Waals surface area contributed by atoms with Gasteiger partial charge in [0, 0.05) is 32.6 Å². The van der Waals surface area contributed by atoms with Crippen LogP contribution in [0.2, 0.25) is 0 Å². The third kappa shape index (κ3) is 4.06. The van der Waals surface area contributed by atoms with Crippen molar-refractivity contribution in [2.24, 2.45) is 11.7 Å². The first kappa shape index (κ1) is 12.8. The molecule has 16 heavy (non-hydrogen) atoms. The van der Waals surface area contributed by atoms with Crippen LogP contribution in [0.15, 0.2) is 0 Å². The summed E-state index contributed by atoms with van der Waals surface area (Å²) in [6, 6.07) is -0.0979. The summed E-state index contributed by atoms with van der Waals surface area (Å²) in [4.78, 5) is 23.8. The second kappa shape index (κ2) is 6.32. The lowest BCUT2D eigenvalue weighted by molar-refractivity contribution is -0.138. The minimum atomic E-state index is -0.758. The maximum Gasteiger partial charge on any atom is 0.317 e. The molecule has 1 heterocycles. The molecule has 0 aliphatic carbocycles. The topological polar surface area (TPSA) is 95.7 Å². The van der Waals surface area contributed by atoms with Gasteiger partial charge >= 0.3 is 12.0 Å². The van der Waals surface area contributed by atoms with Crippen LogP contribution in [-0.4, -0.2) is 48.2 Å². The number of piperidine rings is 1. The van der Waals surface area contributed by atoms with Crippen LogP contribution in [0.4, 0.5) is 4.79 Å². The Morgan fingerprint density at radius 3 is 2.50 bits per heavy atom. The van der Waals surface area contributed by atoms with Crippen molar-refractivity contribution in [2.75, 3.05) is 26.2 Å². The van der Waals surface area contributed by atoms with Crippen LogP contribution in [0.5, 0.6) is 0 Å². The molecule has 6 heteroatoms. The summed E-state index contributed by atoms with van der Waals surface area (Å²) >= 11 is 0. The first-order chi connectivity index (χ1) is 7.63. The Morgan fingerprint density at radius 2 is 2.00 bits per heavy atom. The lowest BCUT2D eigenvalue weighted by Crippen LogP contribution is -2.45. The molecule has 1 saturated heterocycles. The van der Waals surface area contributed by atoms with Gasteiger partial charge in [0.1, 0.15) is 0 Å². The molecule has 0 aromatic heterocycles. The highest BCUT2D eigenvalue weighted by atomic mass is 16.4. The smallest absolute Gasteiger partial charge is 0.317 e. The highest BCUT2D eigenvalue weighted by Crippen LogP contribution is 2.20. The van der Waals surface area contributed by atoms with Gasteiger partial charge in [0.25, 0.3) is 0 Å². The van der Waals surface area contributed by atoms with Gasteiger partial charge in [-0.1, -0.05) is 0 Å². The van der Waals surface area contributed by atoms with Gasteiger partial charge in [-0.05, 0) is 18.8 Å². The van der Waals surface area contributed by atoms with Crippen LogP contribution >= 0.6 is 0 Å². The maximum absolute atomic E-state index is 11.5. The molecular formula is C10H19N3O3. The Morgan fingerprint density at radius 1 is 1.38 bits per heavy atom. The van der Waals surface area contributed by atoms with E-state index in [0.717, 1.165) is 12.8 Å². The van der Waals surface area contributed by atoms with Crippen molar-refractivity contribution >= 4 is 12.0 Å². The Balaban J connectivity index is 2.25. The van der Waals surface area contributed by atoms with Crippen LogP contribution in [-0.2, 0) is 4.79 Å². The summed E-state index contributed by atoms with van der Waals surface area (Å²) in [6.07, 6.45) is 1.74. The van der Waals surface area contributed by atoms with Crippen LogP contribution in [0.25, 0.3) is 0 Å². The Bertz CT molecular complexity index is 250. The molecule has 92 valence electrons. The number of amides is 2. The van der Waals surface area contributed by atoms with E-state index in [9.17, 15) is 9.59 Å². The molecular weight excluding hydrogens is 210 g/mol. The van der Waals surface area contributed by atoms with Crippen molar-refractivity contribution in [3.63, 3.8) is 0 Å². The zero-order valence-corrected chi connectivity index (χ0v) is 9.32. The number of carboxylic acid groups (broad SMARTS) is 1. The van der Waals surface area contributed by atoms with E-state index >= 15 is 0 Å². The molecule has 0 aromatic carbocycles. The third-order valence-corrected chi connectivity index (χ3v) is 2.79. The lowest BCUT2D eigenvalue weighted by atomic mass is 9.94. The monoisotopic (exact) mass is 229 g/mol. The van der Waals surface area contributed by atoms with Gasteiger partial charge in [-0.2, -0.15) is 0 Å². The summed E-state index contributed by atoms with van der Waals surface area (Å²) in [5.41, 5.74) is 5.28. The highest BCUT2D eigenvalue weighted by Gasteiger charge is 2.23. The zero-order valence-electron chi connectivity index (χ0n) is 9.32. The summed E-state index contributed by atoms with van der Waals surface area (Å²) in [5, 5.41) is 11.4. The van der Waals surface area contributed by atoms with Gasteiger partial charge in [-0.25, -0.2) is 4.79 Å². The lowest BCUT2D eigenvalue weighted by Gasteiger charge is -2.31. The van der Waals surface area contributed by atoms with Gasteiger partial charge in [0.15, 0.2) is 0 Å². The molecule has 1 rings (SSSR count). The van der Waals surface area contributed by atoms with E-state index in [1.807, 2.05) is 0 Å². The minimum Gasteiger partial charge on any atom is -0.481 e. The largest absolute Gasteiger partial charge is 0.481 e. The summed E-state index contributed by atoms with van der Waals surface area (Å²) < 4.78 is 0. The fourth-order valence-electron chi connectivity index (χ4n) is 1.88. The fourth-order valence-corrected chi connectivity index (χ4v) is 1.88. The van der Waals surface area contributed by atoms with Crippen molar-refractivity contribution < 1.29 is 14.7 Å². The predicted octanol–water partition coefficient (Wildman–Crippen LogP) is -0.159. The van der Waals surface area contributed by atoms with Gasteiger partial charge < -0.3 is 21.1 Å². The number of nitrogens with two attached hydrogens (primary N) is 1. The number of urea groups is 1. The average molecular weight is 229 g/mol. The second-order valence-corrected chi connectivity index (χ2v) is 4.05. The molecule has 0 spiro atoms. The van der Waals surface area contributed by atoms with E-state index in [1.54, 1.807) is 4.90 Å². The molecule has 0 aromatic rings. The van der Waals surface area contributed by atoms with E-state index in [1.165, 1.54) is 0 Å². The molecule has 1 aliphatic heterocycles. The molecule has 1 fully saturated rings. The van der Waals surface area contributed by atoms with Crippen molar-refractivity contribution in [3.8, 4) is 0 Å². The summed E-state index contributed by atoms with van der Waals surface area (Å²) in [6.45, 7) is 2.18. The van der Waals surface area contributed by atoms with Crippen LogP contribution in [0.3, 0.4) is 0 Å². The highest BCUT2D eigenvalue weighted by molar-refractivity contribution is 5.74. The van der Waals surface area contributed by atoms with Gasteiger partial charge in [-0.3, -0.25) is 4.79 Å². The van der Waals surface area contributed by atoms with Gasteiger partial charge in [0.2, 0.25) is 0 Å². The molecule has 0 atom stereocenters. The molecule has 0 radical (unpaired) electrons. The molecule has 0 unspecified atom stereocenters. The second-order valence-electron chi connectivity index (χ2n) is 4.05. The number of aliphatic carboxylic acids is 1. The van der Waals surface area contributed by atoms with E-state index in [4.69, 9.17) is 10.8 Å². The Kier molecular flexibility index (Phi) is 5.04. The van der Waals surface area contributed by atoms with E-state index in [-0.39, 0.29) is 18.4 Å². The van der Waals surface area contributed by atoms with E-state index < -0.39 is 5.97 Å². The van der Waals surface area contributed by atoms with Crippen LogP contribution in [0.1, 0.15) is 19.3 Å². The van der Waals surface area contributed by atoms with Crippen LogP contribution < -0.4 is 11.1 Å². The normalized spacial score (nSPS) is 17.2. The number of hydrogen-bond acceptors (Lipinski definition) is 3. The number of nitrogens with zero attached hydrogens (tertiary/aromatic N) is 1. The summed E-state index contributed by atoms with van der Waals surface area (Å²) in [5.74, 6) is -0.554. The summed E-state index contributed by atoms with van der Waals surface area (Å²) in [7, 11) is 0. The number of likely N-dealkylation sites (tertiary alicyclic amines) is 1. The number of hydrogen-bond donors (Lipinski definition) is 3. The fraction of sp³-hybridized carbons (Fsp3) is 0.800. The molecule has 1 aliphatic rings. The molecule has 0 saturated carbocycles. The van der Waals surface area contributed by atoms with Crippen molar-refractivity contribution in [3.05, 3.63) is 0 Å². The number of carbonyl (C=O) groups excluding carboxylic acids is 1. The first-order valence-electron chi connectivity index (χ1n) is 5.58. The van der Waals surface area contributed by atoms with E-state index in [0.29, 0.717) is 26.2 Å². The number of carbonyl (C=O) groups is 2. The minimum absolute atomic E-state index is 0.0979. The Hall–Kier alpha value is -1.30. The molecule has 2 amide bonds. The Labute approximate surface area is 94.8 Å². The third-order valence-electron chi connectivity index (χ3n) is 2.79. The average Bonchev–Trinajstić information content (AvgIpc) is 2.26. The van der Waals surface area contributed by atoms with E-state index in [2.05, 4.69) is 5.32 Å².